The van der Waals surface area contributed by atoms with Crippen molar-refractivity contribution in [3.63, 3.8) is 0 Å². The Morgan fingerprint density at radius 1 is 1.26 bits per heavy atom. The highest BCUT2D eigenvalue weighted by Gasteiger charge is 2.16. The summed E-state index contributed by atoms with van der Waals surface area (Å²) >= 11 is 3.47. The van der Waals surface area contributed by atoms with Gasteiger partial charge < -0.3 is 9.30 Å². The minimum absolute atomic E-state index is 0.669. The molecule has 0 aliphatic carbocycles. The van der Waals surface area contributed by atoms with E-state index in [1.807, 2.05) is 19.4 Å². The maximum Gasteiger partial charge on any atom is 0.106 e. The number of ether oxygens (including phenoxy) is 1. The fourth-order valence-electron chi connectivity index (χ4n) is 3.28. The summed E-state index contributed by atoms with van der Waals surface area (Å²) in [6.45, 7) is 2.73. The van der Waals surface area contributed by atoms with Crippen molar-refractivity contribution in [3.05, 3.63) is 35.5 Å². The standard InChI is InChI=1S/C17H19BrN4O/c1-21-11-15(14-6-17(18)19-8-16(14)21)13-7-20-22(10-13)9-12-2-4-23-5-3-12/h6-8,10-12H,2-5,9H2,1H3. The van der Waals surface area contributed by atoms with Gasteiger partial charge >= 0.3 is 0 Å². The average molecular weight is 375 g/mol. The van der Waals surface area contributed by atoms with Crippen molar-refractivity contribution in [2.24, 2.45) is 13.0 Å². The van der Waals surface area contributed by atoms with E-state index >= 15 is 0 Å². The van der Waals surface area contributed by atoms with Crippen molar-refractivity contribution in [2.75, 3.05) is 13.2 Å². The molecule has 0 spiro atoms. The zero-order chi connectivity index (χ0) is 15.8. The molecule has 1 fully saturated rings. The predicted octanol–water partition coefficient (Wildman–Crippen LogP) is 3.63. The number of hydrogen-bond donors (Lipinski definition) is 0. The van der Waals surface area contributed by atoms with Crippen molar-refractivity contribution in [2.45, 2.75) is 19.4 Å². The van der Waals surface area contributed by atoms with Crippen LogP contribution in [0.25, 0.3) is 22.0 Å². The van der Waals surface area contributed by atoms with Crippen LogP contribution in [0.5, 0.6) is 0 Å². The van der Waals surface area contributed by atoms with E-state index in [0.29, 0.717) is 5.92 Å². The highest BCUT2D eigenvalue weighted by atomic mass is 79.9. The molecule has 0 saturated carbocycles. The van der Waals surface area contributed by atoms with Crippen molar-refractivity contribution in [3.8, 4) is 11.1 Å². The topological polar surface area (TPSA) is 44.9 Å². The third kappa shape index (κ3) is 2.93. The monoisotopic (exact) mass is 374 g/mol. The molecule has 0 atom stereocenters. The van der Waals surface area contributed by atoms with Gasteiger partial charge in [-0.3, -0.25) is 4.68 Å². The molecule has 23 heavy (non-hydrogen) atoms. The molecule has 1 aliphatic rings. The maximum atomic E-state index is 5.43. The third-order valence-corrected chi connectivity index (χ3v) is 5.01. The largest absolute Gasteiger partial charge is 0.381 e. The lowest BCUT2D eigenvalue weighted by Crippen LogP contribution is -2.20. The van der Waals surface area contributed by atoms with Gasteiger partial charge in [0.2, 0.25) is 0 Å². The molecule has 3 aromatic rings. The number of nitrogens with zero attached hydrogens (tertiary/aromatic N) is 4. The molecule has 3 aromatic heterocycles. The number of fused-ring (bicyclic) bond motifs is 1. The Labute approximate surface area is 143 Å². The van der Waals surface area contributed by atoms with Crippen LogP contribution in [0, 0.1) is 5.92 Å². The summed E-state index contributed by atoms with van der Waals surface area (Å²) in [6, 6.07) is 2.07. The van der Waals surface area contributed by atoms with Gasteiger partial charge in [-0.2, -0.15) is 5.10 Å². The van der Waals surface area contributed by atoms with Gasteiger partial charge in [0.05, 0.1) is 17.9 Å². The van der Waals surface area contributed by atoms with E-state index in [1.165, 1.54) is 10.9 Å². The Hall–Kier alpha value is -1.66. The van der Waals surface area contributed by atoms with Gasteiger partial charge in [0.1, 0.15) is 4.60 Å². The molecule has 120 valence electrons. The molecule has 6 heteroatoms. The molecular weight excluding hydrogens is 356 g/mol. The normalized spacial score (nSPS) is 16.3. The second-order valence-corrected chi connectivity index (χ2v) is 7.00. The highest BCUT2D eigenvalue weighted by molar-refractivity contribution is 9.10. The highest BCUT2D eigenvalue weighted by Crippen LogP contribution is 2.31. The van der Waals surface area contributed by atoms with Crippen LogP contribution in [-0.4, -0.2) is 32.5 Å². The number of pyridine rings is 1. The number of aromatic nitrogens is 4. The molecule has 4 heterocycles. The van der Waals surface area contributed by atoms with Gasteiger partial charge in [-0.25, -0.2) is 4.98 Å². The van der Waals surface area contributed by atoms with E-state index in [-0.39, 0.29) is 0 Å². The number of rotatable bonds is 3. The molecular formula is C17H19BrN4O. The van der Waals surface area contributed by atoms with Gasteiger partial charge in [-0.05, 0) is 40.8 Å². The lowest BCUT2D eigenvalue weighted by atomic mass is 10.0. The van der Waals surface area contributed by atoms with E-state index in [0.717, 1.165) is 48.3 Å². The molecule has 1 aliphatic heterocycles. The second kappa shape index (κ2) is 6.09. The molecule has 0 N–H and O–H groups in total. The van der Waals surface area contributed by atoms with Gasteiger partial charge in [0.25, 0.3) is 0 Å². The van der Waals surface area contributed by atoms with Crippen LogP contribution in [0.1, 0.15) is 12.8 Å². The van der Waals surface area contributed by atoms with Gasteiger partial charge in [-0.1, -0.05) is 0 Å². The lowest BCUT2D eigenvalue weighted by molar-refractivity contribution is 0.0601. The van der Waals surface area contributed by atoms with E-state index in [9.17, 15) is 0 Å². The summed E-state index contributed by atoms with van der Waals surface area (Å²) in [5, 5.41) is 5.76. The van der Waals surface area contributed by atoms with E-state index in [1.54, 1.807) is 0 Å². The van der Waals surface area contributed by atoms with Gasteiger partial charge in [0.15, 0.2) is 0 Å². The molecule has 0 unspecified atom stereocenters. The lowest BCUT2D eigenvalue weighted by Gasteiger charge is -2.21. The van der Waals surface area contributed by atoms with Crippen LogP contribution in [0.2, 0.25) is 0 Å². The van der Waals surface area contributed by atoms with Crippen molar-refractivity contribution < 1.29 is 4.74 Å². The Kier molecular flexibility index (Phi) is 3.95. The maximum absolute atomic E-state index is 5.43. The van der Waals surface area contributed by atoms with E-state index in [2.05, 4.69) is 53.7 Å². The van der Waals surface area contributed by atoms with E-state index < -0.39 is 0 Å². The zero-order valence-corrected chi connectivity index (χ0v) is 14.7. The van der Waals surface area contributed by atoms with Crippen LogP contribution in [0.4, 0.5) is 0 Å². The summed E-state index contributed by atoms with van der Waals surface area (Å²) in [4.78, 5) is 4.32. The summed E-state index contributed by atoms with van der Waals surface area (Å²) in [6.07, 6.45) is 10.4. The molecule has 4 rings (SSSR count). The molecule has 0 amide bonds. The smallest absolute Gasteiger partial charge is 0.106 e. The summed E-state index contributed by atoms with van der Waals surface area (Å²) in [5.41, 5.74) is 3.48. The molecule has 5 nitrogen and oxygen atoms in total. The number of halogens is 1. The van der Waals surface area contributed by atoms with Crippen molar-refractivity contribution in [1.82, 2.24) is 19.3 Å². The zero-order valence-electron chi connectivity index (χ0n) is 13.1. The minimum atomic E-state index is 0.669. The van der Waals surface area contributed by atoms with Crippen molar-refractivity contribution in [1.29, 1.82) is 0 Å². The first-order valence-electron chi connectivity index (χ1n) is 7.92. The fourth-order valence-corrected chi connectivity index (χ4v) is 3.61. The third-order valence-electron chi connectivity index (χ3n) is 4.57. The van der Waals surface area contributed by atoms with Crippen LogP contribution < -0.4 is 0 Å². The van der Waals surface area contributed by atoms with E-state index in [4.69, 9.17) is 4.74 Å². The SMILES string of the molecule is Cn1cc(-c2cnn(CC3CCOCC3)c2)c2cc(Br)ncc21. The van der Waals surface area contributed by atoms with Crippen LogP contribution in [0.15, 0.2) is 35.5 Å². The second-order valence-electron chi connectivity index (χ2n) is 6.18. The first kappa shape index (κ1) is 14.9. The number of hydrogen-bond acceptors (Lipinski definition) is 3. The Bertz CT molecular complexity index is 832. The first-order valence-corrected chi connectivity index (χ1v) is 8.71. The Balaban J connectivity index is 1.65. The van der Waals surface area contributed by atoms with Crippen LogP contribution in [0.3, 0.4) is 0 Å². The Morgan fingerprint density at radius 3 is 2.91 bits per heavy atom. The summed E-state index contributed by atoms with van der Waals surface area (Å²) < 4.78 is 10.5. The molecule has 0 radical (unpaired) electrons. The fraction of sp³-hybridized carbons (Fsp3) is 0.412. The molecule has 0 aromatic carbocycles. The quantitative estimate of drug-likeness (QED) is 0.657. The van der Waals surface area contributed by atoms with Crippen molar-refractivity contribution >= 4 is 26.8 Å². The number of aryl methyl sites for hydroxylation is 1. The Morgan fingerprint density at radius 2 is 2.09 bits per heavy atom. The van der Waals surface area contributed by atoms with Crippen LogP contribution in [-0.2, 0) is 18.3 Å². The van der Waals surface area contributed by atoms with Gasteiger partial charge in [-0.15, -0.1) is 0 Å². The average Bonchev–Trinajstić information content (AvgIpc) is 3.13. The van der Waals surface area contributed by atoms with Gasteiger partial charge in [0, 0.05) is 55.7 Å². The summed E-state index contributed by atoms with van der Waals surface area (Å²) in [7, 11) is 2.05. The molecule has 1 saturated heterocycles. The molecule has 0 bridgehead atoms. The van der Waals surface area contributed by atoms with Crippen LogP contribution >= 0.6 is 15.9 Å². The minimum Gasteiger partial charge on any atom is -0.381 e. The predicted molar refractivity (Wildman–Crippen MR) is 93.2 cm³/mol. The summed E-state index contributed by atoms with van der Waals surface area (Å²) in [5.74, 6) is 0.669. The first-order chi connectivity index (χ1) is 11.2.